The molecule has 2 aromatic rings. The number of aromatic nitrogens is 1. The Morgan fingerprint density at radius 2 is 2.05 bits per heavy atom. The van der Waals surface area contributed by atoms with Gasteiger partial charge in [-0.05, 0) is 36.5 Å². The molecule has 0 unspecified atom stereocenters. The van der Waals surface area contributed by atoms with Crippen LogP contribution in [0.15, 0.2) is 36.4 Å². The third-order valence-corrected chi connectivity index (χ3v) is 3.47. The van der Waals surface area contributed by atoms with Gasteiger partial charge < -0.3 is 5.32 Å². The van der Waals surface area contributed by atoms with Crippen molar-refractivity contribution in [2.45, 2.75) is 25.8 Å². The van der Waals surface area contributed by atoms with Crippen LogP contribution in [-0.4, -0.2) is 4.98 Å². The van der Waals surface area contributed by atoms with Crippen molar-refractivity contribution in [2.24, 2.45) is 0 Å². The highest BCUT2D eigenvalue weighted by atomic mass is 15.0. The van der Waals surface area contributed by atoms with E-state index in [1.165, 1.54) is 11.1 Å². The number of rotatable bonds is 3. The summed E-state index contributed by atoms with van der Waals surface area (Å²) in [6.45, 7) is 0.696. The van der Waals surface area contributed by atoms with Gasteiger partial charge in [-0.3, -0.25) is 0 Å². The van der Waals surface area contributed by atoms with Crippen molar-refractivity contribution in [3.63, 3.8) is 0 Å². The predicted molar refractivity (Wildman–Crippen MR) is 74.7 cm³/mol. The molecule has 0 fully saturated rings. The van der Waals surface area contributed by atoms with Gasteiger partial charge >= 0.3 is 0 Å². The second-order valence-electron chi connectivity index (χ2n) is 4.79. The van der Waals surface area contributed by atoms with E-state index >= 15 is 0 Å². The standard InChI is InChI=1S/C16H15N3/c17-10-14-9-13-7-4-8-15(13)19-16(14)18-11-12-5-2-1-3-6-12/h1-3,5-6,9H,4,7-8,11H2,(H,18,19). The minimum Gasteiger partial charge on any atom is -0.365 e. The van der Waals surface area contributed by atoms with Crippen molar-refractivity contribution in [2.75, 3.05) is 5.32 Å². The summed E-state index contributed by atoms with van der Waals surface area (Å²) in [6.07, 6.45) is 3.23. The van der Waals surface area contributed by atoms with Crippen molar-refractivity contribution >= 4 is 5.82 Å². The largest absolute Gasteiger partial charge is 0.365 e. The Balaban J connectivity index is 1.83. The first kappa shape index (κ1) is 11.7. The fourth-order valence-corrected chi connectivity index (χ4v) is 2.47. The van der Waals surface area contributed by atoms with Gasteiger partial charge in [0.1, 0.15) is 11.9 Å². The summed E-state index contributed by atoms with van der Waals surface area (Å²) in [5.41, 5.74) is 4.22. The summed E-state index contributed by atoms with van der Waals surface area (Å²) < 4.78 is 0. The molecule has 1 aliphatic carbocycles. The van der Waals surface area contributed by atoms with Crippen molar-refractivity contribution in [3.8, 4) is 6.07 Å². The predicted octanol–water partition coefficient (Wildman–Crippen LogP) is 3.05. The number of anilines is 1. The fraction of sp³-hybridized carbons (Fsp3) is 0.250. The van der Waals surface area contributed by atoms with Gasteiger partial charge in [-0.25, -0.2) is 4.98 Å². The maximum Gasteiger partial charge on any atom is 0.144 e. The number of nitrogens with one attached hydrogen (secondary N) is 1. The molecule has 0 spiro atoms. The smallest absolute Gasteiger partial charge is 0.144 e. The Hall–Kier alpha value is -2.34. The van der Waals surface area contributed by atoms with E-state index in [-0.39, 0.29) is 0 Å². The van der Waals surface area contributed by atoms with Crippen molar-refractivity contribution in [1.29, 1.82) is 5.26 Å². The molecule has 1 aliphatic rings. The lowest BCUT2D eigenvalue weighted by Gasteiger charge is -2.09. The third kappa shape index (κ3) is 2.43. The lowest BCUT2D eigenvalue weighted by Crippen LogP contribution is -2.05. The molecule has 0 bridgehead atoms. The van der Waals surface area contributed by atoms with Crippen molar-refractivity contribution in [1.82, 2.24) is 4.98 Å². The van der Waals surface area contributed by atoms with Gasteiger partial charge in [0.15, 0.2) is 0 Å². The molecule has 0 saturated heterocycles. The quantitative estimate of drug-likeness (QED) is 0.909. The van der Waals surface area contributed by atoms with Gasteiger partial charge in [-0.2, -0.15) is 5.26 Å². The molecule has 3 nitrogen and oxygen atoms in total. The Kier molecular flexibility index (Phi) is 3.16. The van der Waals surface area contributed by atoms with E-state index in [0.29, 0.717) is 17.9 Å². The minimum atomic E-state index is 0.650. The Bertz CT molecular complexity index is 626. The van der Waals surface area contributed by atoms with Crippen LogP contribution in [0.5, 0.6) is 0 Å². The Labute approximate surface area is 112 Å². The summed E-state index contributed by atoms with van der Waals surface area (Å²) in [5.74, 6) is 0.715. The summed E-state index contributed by atoms with van der Waals surface area (Å²) >= 11 is 0. The van der Waals surface area contributed by atoms with E-state index in [2.05, 4.69) is 28.5 Å². The molecular weight excluding hydrogens is 234 g/mol. The van der Waals surface area contributed by atoms with E-state index in [1.807, 2.05) is 24.3 Å². The molecule has 0 saturated carbocycles. The van der Waals surface area contributed by atoms with E-state index in [9.17, 15) is 5.26 Å². The van der Waals surface area contributed by atoms with Crippen LogP contribution in [0.1, 0.15) is 28.8 Å². The third-order valence-electron chi connectivity index (χ3n) is 3.47. The van der Waals surface area contributed by atoms with E-state index < -0.39 is 0 Å². The number of pyridine rings is 1. The number of aryl methyl sites for hydroxylation is 2. The highest BCUT2D eigenvalue weighted by Crippen LogP contribution is 2.25. The molecular formula is C16H15N3. The number of hydrogen-bond acceptors (Lipinski definition) is 3. The molecule has 1 heterocycles. The molecule has 19 heavy (non-hydrogen) atoms. The first-order chi connectivity index (χ1) is 9.36. The van der Waals surface area contributed by atoms with Crippen LogP contribution in [0.3, 0.4) is 0 Å². The fourth-order valence-electron chi connectivity index (χ4n) is 2.47. The molecule has 0 radical (unpaired) electrons. The lowest BCUT2D eigenvalue weighted by atomic mass is 10.1. The number of nitriles is 1. The highest BCUT2D eigenvalue weighted by Gasteiger charge is 2.16. The molecule has 0 atom stereocenters. The molecule has 1 aromatic carbocycles. The van der Waals surface area contributed by atoms with Crippen LogP contribution in [-0.2, 0) is 19.4 Å². The summed E-state index contributed by atoms with van der Waals surface area (Å²) in [4.78, 5) is 4.61. The normalized spacial score (nSPS) is 12.8. The molecule has 1 N–H and O–H groups in total. The molecule has 1 aromatic heterocycles. The minimum absolute atomic E-state index is 0.650. The molecule has 0 amide bonds. The first-order valence-electron chi connectivity index (χ1n) is 6.57. The van der Waals surface area contributed by atoms with Crippen LogP contribution >= 0.6 is 0 Å². The van der Waals surface area contributed by atoms with Crippen LogP contribution in [0, 0.1) is 11.3 Å². The molecule has 3 rings (SSSR count). The van der Waals surface area contributed by atoms with Gasteiger partial charge in [0, 0.05) is 12.2 Å². The highest BCUT2D eigenvalue weighted by molar-refractivity contribution is 5.55. The second-order valence-corrected chi connectivity index (χ2v) is 4.79. The van der Waals surface area contributed by atoms with Crippen LogP contribution < -0.4 is 5.32 Å². The number of nitrogens with zero attached hydrogens (tertiary/aromatic N) is 2. The SMILES string of the molecule is N#Cc1cc2c(nc1NCc1ccccc1)CCC2. The number of fused-ring (bicyclic) bond motifs is 1. The van der Waals surface area contributed by atoms with Crippen LogP contribution in [0.4, 0.5) is 5.82 Å². The van der Waals surface area contributed by atoms with Crippen LogP contribution in [0.25, 0.3) is 0 Å². The van der Waals surface area contributed by atoms with Gasteiger partial charge in [0.25, 0.3) is 0 Å². The van der Waals surface area contributed by atoms with Gasteiger partial charge in [-0.1, -0.05) is 30.3 Å². The van der Waals surface area contributed by atoms with Crippen molar-refractivity contribution < 1.29 is 0 Å². The second kappa shape index (κ2) is 5.11. The molecule has 94 valence electrons. The summed E-state index contributed by atoms with van der Waals surface area (Å²) in [5, 5.41) is 12.5. The lowest BCUT2D eigenvalue weighted by molar-refractivity contribution is 0.899. The van der Waals surface area contributed by atoms with E-state index in [4.69, 9.17) is 0 Å². The Morgan fingerprint density at radius 1 is 1.21 bits per heavy atom. The average Bonchev–Trinajstić information content (AvgIpc) is 2.92. The Morgan fingerprint density at radius 3 is 2.84 bits per heavy atom. The maximum atomic E-state index is 9.22. The number of hydrogen-bond donors (Lipinski definition) is 1. The summed E-state index contributed by atoms with van der Waals surface area (Å²) in [7, 11) is 0. The van der Waals surface area contributed by atoms with Gasteiger partial charge in [-0.15, -0.1) is 0 Å². The van der Waals surface area contributed by atoms with E-state index in [0.717, 1.165) is 25.0 Å². The van der Waals surface area contributed by atoms with Gasteiger partial charge in [0.05, 0.1) is 5.56 Å². The van der Waals surface area contributed by atoms with E-state index in [1.54, 1.807) is 0 Å². The first-order valence-corrected chi connectivity index (χ1v) is 6.57. The van der Waals surface area contributed by atoms with Crippen LogP contribution in [0.2, 0.25) is 0 Å². The zero-order valence-corrected chi connectivity index (χ0v) is 10.7. The zero-order chi connectivity index (χ0) is 13.1. The van der Waals surface area contributed by atoms with Gasteiger partial charge in [0.2, 0.25) is 0 Å². The zero-order valence-electron chi connectivity index (χ0n) is 10.7. The average molecular weight is 249 g/mol. The monoisotopic (exact) mass is 249 g/mol. The maximum absolute atomic E-state index is 9.22. The number of benzene rings is 1. The topological polar surface area (TPSA) is 48.7 Å². The molecule has 0 aliphatic heterocycles. The van der Waals surface area contributed by atoms with Crippen molar-refractivity contribution in [3.05, 3.63) is 58.8 Å². The molecule has 3 heteroatoms. The summed E-state index contributed by atoms with van der Waals surface area (Å²) in [6, 6.07) is 14.4.